The molecule has 1 N–H and O–H groups in total. The Bertz CT molecular complexity index is 944. The van der Waals surface area contributed by atoms with Gasteiger partial charge in [0.2, 0.25) is 5.78 Å². The number of aromatic nitrogens is 2. The molecule has 1 aliphatic rings. The summed E-state index contributed by atoms with van der Waals surface area (Å²) in [7, 11) is 0. The van der Waals surface area contributed by atoms with Crippen molar-refractivity contribution in [1.29, 1.82) is 0 Å². The van der Waals surface area contributed by atoms with Crippen molar-refractivity contribution in [3.8, 4) is 0 Å². The molecule has 9 heteroatoms. The molecule has 0 aromatic carbocycles. The highest BCUT2D eigenvalue weighted by molar-refractivity contribution is 6.31. The van der Waals surface area contributed by atoms with Crippen molar-refractivity contribution < 1.29 is 20.8 Å². The maximum atomic E-state index is 13.6. The Morgan fingerprint density at radius 1 is 1.40 bits per heavy atom. The summed E-state index contributed by atoms with van der Waals surface area (Å²) < 4.78 is 40.9. The lowest BCUT2D eigenvalue weighted by molar-refractivity contribution is -0.138. The van der Waals surface area contributed by atoms with E-state index in [4.69, 9.17) is 11.6 Å². The van der Waals surface area contributed by atoms with Gasteiger partial charge >= 0.3 is 6.18 Å². The number of piperazine rings is 1. The maximum absolute atomic E-state index is 13.6. The molecule has 5 nitrogen and oxygen atoms in total. The van der Waals surface area contributed by atoms with Gasteiger partial charge in [-0.2, -0.15) is 13.2 Å². The zero-order valence-corrected chi connectivity index (χ0v) is 17.8. The molecule has 0 aliphatic carbocycles. The lowest BCUT2D eigenvalue weighted by atomic mass is 10.0. The Balaban J connectivity index is 0.00000256. The standard InChI is InChI=1S/C21H24ClF3N4O.2H2/c1-12(2)8-15-11-29(7-6-26-15)18-5-4-17(21(23,24)25)19(28-18)20(30)16-9-14(22)10-27-13(16)3;;/h4-5,9-10,12,15,26H,6-8,11H2,1-3H3;2*1H/t15-;;/m0../s1. The third-order valence-corrected chi connectivity index (χ3v) is 5.24. The topological polar surface area (TPSA) is 58.1 Å². The zero-order chi connectivity index (χ0) is 22.1. The van der Waals surface area contributed by atoms with Gasteiger partial charge in [0.05, 0.1) is 10.6 Å². The van der Waals surface area contributed by atoms with Crippen molar-refractivity contribution in [2.24, 2.45) is 5.92 Å². The van der Waals surface area contributed by atoms with Crippen LogP contribution in [0.5, 0.6) is 0 Å². The number of nitrogens with zero attached hydrogens (tertiary/aromatic N) is 3. The quantitative estimate of drug-likeness (QED) is 0.657. The van der Waals surface area contributed by atoms with Gasteiger partial charge in [-0.25, -0.2) is 4.98 Å². The molecule has 0 spiro atoms. The molecule has 1 fully saturated rings. The van der Waals surface area contributed by atoms with Crippen LogP contribution in [0.2, 0.25) is 5.02 Å². The smallest absolute Gasteiger partial charge is 0.354 e. The second kappa shape index (κ2) is 8.89. The van der Waals surface area contributed by atoms with Crippen molar-refractivity contribution in [3.63, 3.8) is 0 Å². The number of alkyl halides is 3. The minimum absolute atomic E-state index is 0. The van der Waals surface area contributed by atoms with Gasteiger partial charge in [-0.05, 0) is 37.5 Å². The van der Waals surface area contributed by atoms with Crippen molar-refractivity contribution in [1.82, 2.24) is 15.3 Å². The van der Waals surface area contributed by atoms with Gasteiger partial charge < -0.3 is 10.2 Å². The minimum Gasteiger partial charge on any atom is -0.354 e. The van der Waals surface area contributed by atoms with Crippen LogP contribution in [0.1, 0.15) is 50.4 Å². The number of nitrogens with one attached hydrogen (secondary N) is 1. The number of aryl methyl sites for hydroxylation is 1. The molecule has 0 radical (unpaired) electrons. The molecule has 3 heterocycles. The number of carbonyl (C=O) groups is 1. The summed E-state index contributed by atoms with van der Waals surface area (Å²) in [5, 5.41) is 3.60. The summed E-state index contributed by atoms with van der Waals surface area (Å²) in [6.45, 7) is 7.69. The van der Waals surface area contributed by atoms with E-state index in [1.807, 2.05) is 4.90 Å². The van der Waals surface area contributed by atoms with Crippen molar-refractivity contribution in [2.45, 2.75) is 39.4 Å². The van der Waals surface area contributed by atoms with E-state index in [2.05, 4.69) is 29.1 Å². The van der Waals surface area contributed by atoms with Crippen molar-refractivity contribution in [3.05, 3.63) is 51.9 Å². The number of halogens is 4. The van der Waals surface area contributed by atoms with Crippen LogP contribution < -0.4 is 10.2 Å². The number of hydrogen-bond acceptors (Lipinski definition) is 5. The first-order valence-corrected chi connectivity index (χ1v) is 10.2. The highest BCUT2D eigenvalue weighted by atomic mass is 35.5. The first-order chi connectivity index (χ1) is 14.1. The predicted octanol–water partition coefficient (Wildman–Crippen LogP) is 5.00. The van der Waals surface area contributed by atoms with E-state index in [1.165, 1.54) is 18.3 Å². The molecule has 3 rings (SSSR count). The molecule has 1 aliphatic heterocycles. The Labute approximate surface area is 181 Å². The molecule has 0 saturated carbocycles. The predicted molar refractivity (Wildman–Crippen MR) is 114 cm³/mol. The van der Waals surface area contributed by atoms with E-state index in [-0.39, 0.29) is 19.5 Å². The zero-order valence-electron chi connectivity index (χ0n) is 17.1. The van der Waals surface area contributed by atoms with E-state index >= 15 is 0 Å². The summed E-state index contributed by atoms with van der Waals surface area (Å²) in [5.74, 6) is -0.00163. The average Bonchev–Trinajstić information content (AvgIpc) is 2.68. The number of hydrogen-bond donors (Lipinski definition) is 1. The van der Waals surface area contributed by atoms with Crippen LogP contribution >= 0.6 is 11.6 Å². The van der Waals surface area contributed by atoms with Gasteiger partial charge in [0.25, 0.3) is 0 Å². The molecular weight excluding hydrogens is 417 g/mol. The van der Waals surface area contributed by atoms with Gasteiger partial charge in [-0.15, -0.1) is 0 Å². The van der Waals surface area contributed by atoms with Gasteiger partial charge in [-0.1, -0.05) is 25.4 Å². The monoisotopic (exact) mass is 444 g/mol. The van der Waals surface area contributed by atoms with Gasteiger partial charge in [0, 0.05) is 46.0 Å². The summed E-state index contributed by atoms with van der Waals surface area (Å²) in [6, 6.07) is 3.80. The van der Waals surface area contributed by atoms with Crippen LogP contribution in [-0.4, -0.2) is 41.4 Å². The Morgan fingerprint density at radius 3 is 2.80 bits per heavy atom. The van der Waals surface area contributed by atoms with Crippen LogP contribution in [0.15, 0.2) is 24.4 Å². The first-order valence-electron chi connectivity index (χ1n) is 9.79. The van der Waals surface area contributed by atoms with Crippen LogP contribution in [0, 0.1) is 12.8 Å². The van der Waals surface area contributed by atoms with Crippen molar-refractivity contribution in [2.75, 3.05) is 24.5 Å². The highest BCUT2D eigenvalue weighted by Crippen LogP contribution is 2.34. The molecule has 1 atom stereocenters. The van der Waals surface area contributed by atoms with Crippen LogP contribution in [0.4, 0.5) is 19.0 Å². The number of pyridine rings is 2. The lowest BCUT2D eigenvalue weighted by Crippen LogP contribution is -2.51. The summed E-state index contributed by atoms with van der Waals surface area (Å²) in [4.78, 5) is 23.1. The lowest BCUT2D eigenvalue weighted by Gasteiger charge is -2.35. The van der Waals surface area contributed by atoms with Crippen LogP contribution in [-0.2, 0) is 6.18 Å². The third-order valence-electron chi connectivity index (χ3n) is 5.03. The second-order valence-corrected chi connectivity index (χ2v) is 8.34. The minimum atomic E-state index is -4.71. The van der Waals surface area contributed by atoms with Crippen LogP contribution in [0.25, 0.3) is 0 Å². The fourth-order valence-electron chi connectivity index (χ4n) is 3.65. The SMILES string of the molecule is Cc1ncc(Cl)cc1C(=O)c1nc(N2CCN[C@@H](CC(C)C)C2)ccc1C(F)(F)F.[HH].[HH]. The maximum Gasteiger partial charge on any atom is 0.418 e. The Hall–Kier alpha value is -2.19. The third kappa shape index (κ3) is 5.10. The molecule has 0 bridgehead atoms. The average molecular weight is 445 g/mol. The highest BCUT2D eigenvalue weighted by Gasteiger charge is 2.37. The number of anilines is 1. The summed E-state index contributed by atoms with van der Waals surface area (Å²) in [6.07, 6.45) is -2.42. The van der Waals surface area contributed by atoms with Crippen molar-refractivity contribution >= 4 is 23.2 Å². The fraction of sp³-hybridized carbons (Fsp3) is 0.476. The van der Waals surface area contributed by atoms with Gasteiger partial charge in [0.1, 0.15) is 11.5 Å². The molecule has 0 amide bonds. The van der Waals surface area contributed by atoms with Gasteiger partial charge in [0.15, 0.2) is 0 Å². The van der Waals surface area contributed by atoms with E-state index in [0.29, 0.717) is 37.1 Å². The first kappa shape index (κ1) is 22.5. The number of carbonyl (C=O) groups excluding carboxylic acids is 1. The molecule has 166 valence electrons. The molecule has 1 saturated heterocycles. The number of rotatable bonds is 5. The second-order valence-electron chi connectivity index (χ2n) is 7.91. The van der Waals surface area contributed by atoms with Gasteiger partial charge in [-0.3, -0.25) is 9.78 Å². The molecule has 2 aromatic heterocycles. The molecule has 2 aromatic rings. The fourth-order valence-corrected chi connectivity index (χ4v) is 3.81. The normalized spacial score (nSPS) is 17.5. The summed E-state index contributed by atoms with van der Waals surface area (Å²) >= 11 is 5.92. The Kier molecular flexibility index (Phi) is 6.67. The van der Waals surface area contributed by atoms with Crippen LogP contribution in [0.3, 0.4) is 0 Å². The number of ketones is 1. The molecule has 30 heavy (non-hydrogen) atoms. The van der Waals surface area contributed by atoms with E-state index in [9.17, 15) is 18.0 Å². The summed E-state index contributed by atoms with van der Waals surface area (Å²) in [5.41, 5.74) is -1.39. The van der Waals surface area contributed by atoms with E-state index in [1.54, 1.807) is 6.92 Å². The van der Waals surface area contributed by atoms with E-state index < -0.39 is 23.2 Å². The van der Waals surface area contributed by atoms with E-state index in [0.717, 1.165) is 12.5 Å². The largest absolute Gasteiger partial charge is 0.418 e. The molecule has 0 unspecified atom stereocenters. The Morgan fingerprint density at radius 2 is 2.13 bits per heavy atom. The molecular formula is C21H28ClF3N4O.